The lowest BCUT2D eigenvalue weighted by Crippen LogP contribution is -2.38. The van der Waals surface area contributed by atoms with Crippen molar-refractivity contribution in [3.63, 3.8) is 0 Å². The van der Waals surface area contributed by atoms with E-state index in [-0.39, 0.29) is 18.0 Å². The summed E-state index contributed by atoms with van der Waals surface area (Å²) >= 11 is 0. The zero-order valence-corrected chi connectivity index (χ0v) is 10.3. The molecule has 1 N–H and O–H groups in total. The van der Waals surface area contributed by atoms with E-state index >= 15 is 0 Å². The molecule has 0 bridgehead atoms. The molecular weight excluding hydrogens is 261 g/mol. The fourth-order valence-corrected chi connectivity index (χ4v) is 3.18. The molecule has 0 unspecified atom stereocenters. The van der Waals surface area contributed by atoms with Crippen molar-refractivity contribution in [1.29, 1.82) is 0 Å². The van der Waals surface area contributed by atoms with E-state index in [1.54, 1.807) is 0 Å². The Labute approximate surface area is 104 Å². The van der Waals surface area contributed by atoms with Crippen molar-refractivity contribution in [1.82, 2.24) is 9.29 Å². The van der Waals surface area contributed by atoms with Crippen LogP contribution in [0.25, 0.3) is 0 Å². The van der Waals surface area contributed by atoms with Crippen LogP contribution in [0.1, 0.15) is 12.8 Å². The summed E-state index contributed by atoms with van der Waals surface area (Å²) in [5, 5.41) is 11.7. The number of halogens is 1. The number of oxime groups is 1. The fraction of sp³-hybridized carbons (Fsp3) is 0.400. The van der Waals surface area contributed by atoms with Gasteiger partial charge >= 0.3 is 0 Å². The highest BCUT2D eigenvalue weighted by Crippen LogP contribution is 2.19. The van der Waals surface area contributed by atoms with E-state index in [0.717, 1.165) is 18.5 Å². The van der Waals surface area contributed by atoms with Crippen molar-refractivity contribution in [2.24, 2.45) is 5.16 Å². The molecule has 0 saturated carbocycles. The van der Waals surface area contributed by atoms with Gasteiger partial charge < -0.3 is 5.21 Å². The summed E-state index contributed by atoms with van der Waals surface area (Å²) in [4.78, 5) is 3.37. The fourth-order valence-electron chi connectivity index (χ4n) is 1.77. The minimum Gasteiger partial charge on any atom is -0.411 e. The summed E-state index contributed by atoms with van der Waals surface area (Å²) in [6, 6.07) is 0.942. The molecule has 1 aliphatic rings. The second kappa shape index (κ2) is 4.99. The molecule has 1 saturated heterocycles. The van der Waals surface area contributed by atoms with Crippen LogP contribution in [0, 0.1) is 5.82 Å². The number of rotatable bonds is 2. The maximum Gasteiger partial charge on any atom is 0.244 e. The first-order valence-corrected chi connectivity index (χ1v) is 6.78. The third-order valence-electron chi connectivity index (χ3n) is 2.76. The standard InChI is InChI=1S/C10H12FN3O3S/c11-8-5-10(7-12-6-8)18(16,17)14-3-1-9(13-15)2-4-14/h5-7,15H,1-4H2. The average molecular weight is 273 g/mol. The second-order valence-corrected chi connectivity index (χ2v) is 5.85. The third kappa shape index (κ3) is 2.49. The molecule has 2 rings (SSSR count). The number of aromatic nitrogens is 1. The van der Waals surface area contributed by atoms with E-state index in [0.29, 0.717) is 18.6 Å². The van der Waals surface area contributed by atoms with Gasteiger partial charge in [0.2, 0.25) is 10.0 Å². The number of sulfonamides is 1. The summed E-state index contributed by atoms with van der Waals surface area (Å²) in [7, 11) is -3.72. The van der Waals surface area contributed by atoms with Crippen LogP contribution in [0.5, 0.6) is 0 Å². The van der Waals surface area contributed by atoms with Crippen molar-refractivity contribution in [2.75, 3.05) is 13.1 Å². The maximum absolute atomic E-state index is 13.0. The first-order valence-electron chi connectivity index (χ1n) is 5.34. The molecule has 1 aromatic heterocycles. The minimum absolute atomic E-state index is 0.160. The van der Waals surface area contributed by atoms with Crippen LogP contribution in [-0.2, 0) is 10.0 Å². The van der Waals surface area contributed by atoms with E-state index in [2.05, 4.69) is 10.1 Å². The van der Waals surface area contributed by atoms with Crippen LogP contribution in [0.2, 0.25) is 0 Å². The Morgan fingerprint density at radius 2 is 2.00 bits per heavy atom. The quantitative estimate of drug-likeness (QED) is 0.639. The molecule has 18 heavy (non-hydrogen) atoms. The normalized spacial score (nSPS) is 17.7. The van der Waals surface area contributed by atoms with Crippen molar-refractivity contribution in [3.05, 3.63) is 24.3 Å². The van der Waals surface area contributed by atoms with Gasteiger partial charge in [-0.25, -0.2) is 12.8 Å². The van der Waals surface area contributed by atoms with Gasteiger partial charge in [-0.05, 0) is 6.07 Å². The predicted molar refractivity (Wildman–Crippen MR) is 61.4 cm³/mol. The first-order chi connectivity index (χ1) is 8.54. The lowest BCUT2D eigenvalue weighted by Gasteiger charge is -2.26. The number of hydrogen-bond acceptors (Lipinski definition) is 5. The molecule has 1 aromatic rings. The molecule has 0 atom stereocenters. The Morgan fingerprint density at radius 1 is 1.33 bits per heavy atom. The monoisotopic (exact) mass is 273 g/mol. The molecule has 0 aromatic carbocycles. The molecule has 98 valence electrons. The Morgan fingerprint density at radius 3 is 2.56 bits per heavy atom. The van der Waals surface area contributed by atoms with Crippen LogP contribution >= 0.6 is 0 Å². The average Bonchev–Trinajstić information content (AvgIpc) is 2.39. The summed E-state index contributed by atoms with van der Waals surface area (Å²) in [6.45, 7) is 0.441. The smallest absolute Gasteiger partial charge is 0.244 e. The second-order valence-electron chi connectivity index (χ2n) is 3.91. The van der Waals surface area contributed by atoms with E-state index in [1.807, 2.05) is 0 Å². The lowest BCUT2D eigenvalue weighted by molar-refractivity contribution is 0.309. The molecule has 2 heterocycles. The largest absolute Gasteiger partial charge is 0.411 e. The van der Waals surface area contributed by atoms with Crippen LogP contribution in [0.15, 0.2) is 28.5 Å². The predicted octanol–water partition coefficient (Wildman–Crippen LogP) is 0.835. The highest BCUT2D eigenvalue weighted by Gasteiger charge is 2.28. The van der Waals surface area contributed by atoms with Crippen LogP contribution < -0.4 is 0 Å². The number of hydrogen-bond donors (Lipinski definition) is 1. The van der Waals surface area contributed by atoms with Gasteiger partial charge in [-0.15, -0.1) is 0 Å². The molecule has 0 amide bonds. The van der Waals surface area contributed by atoms with Crippen molar-refractivity contribution in [3.8, 4) is 0 Å². The van der Waals surface area contributed by atoms with Gasteiger partial charge in [0.05, 0.1) is 11.9 Å². The number of nitrogens with zero attached hydrogens (tertiary/aromatic N) is 3. The van der Waals surface area contributed by atoms with Crippen molar-refractivity contribution >= 4 is 15.7 Å². The number of pyridine rings is 1. The van der Waals surface area contributed by atoms with Crippen LogP contribution in [0.4, 0.5) is 4.39 Å². The molecule has 6 nitrogen and oxygen atoms in total. The van der Waals surface area contributed by atoms with Crippen LogP contribution in [-0.4, -0.2) is 41.7 Å². The summed E-state index contributed by atoms with van der Waals surface area (Å²) in [5.74, 6) is -0.689. The first kappa shape index (κ1) is 12.9. The van der Waals surface area contributed by atoms with Gasteiger partial charge in [0.15, 0.2) is 0 Å². The zero-order valence-electron chi connectivity index (χ0n) is 9.45. The van der Waals surface area contributed by atoms with E-state index in [9.17, 15) is 12.8 Å². The van der Waals surface area contributed by atoms with Gasteiger partial charge in [0.25, 0.3) is 0 Å². The Kier molecular flexibility index (Phi) is 3.58. The summed E-state index contributed by atoms with van der Waals surface area (Å²) in [5.41, 5.74) is 0.568. The Balaban J connectivity index is 2.22. The lowest BCUT2D eigenvalue weighted by atomic mass is 10.1. The van der Waals surface area contributed by atoms with Crippen LogP contribution in [0.3, 0.4) is 0 Å². The number of piperidine rings is 1. The van der Waals surface area contributed by atoms with Gasteiger partial charge in [-0.3, -0.25) is 4.98 Å². The Hall–Kier alpha value is -1.54. The van der Waals surface area contributed by atoms with Gasteiger partial charge in [0, 0.05) is 32.1 Å². The SMILES string of the molecule is O=S(=O)(c1cncc(F)c1)N1CCC(=NO)CC1. The van der Waals surface area contributed by atoms with E-state index in [4.69, 9.17) is 5.21 Å². The maximum atomic E-state index is 13.0. The van der Waals surface area contributed by atoms with Crippen molar-refractivity contribution in [2.45, 2.75) is 17.7 Å². The molecule has 1 fully saturated rings. The van der Waals surface area contributed by atoms with E-state index in [1.165, 1.54) is 4.31 Å². The van der Waals surface area contributed by atoms with Crippen molar-refractivity contribution < 1.29 is 18.0 Å². The summed E-state index contributed by atoms with van der Waals surface area (Å²) < 4.78 is 38.5. The Bertz CT molecular complexity index is 563. The highest BCUT2D eigenvalue weighted by molar-refractivity contribution is 7.89. The molecule has 0 aliphatic carbocycles. The molecule has 8 heteroatoms. The van der Waals surface area contributed by atoms with Gasteiger partial charge in [-0.2, -0.15) is 4.31 Å². The third-order valence-corrected chi connectivity index (χ3v) is 4.62. The topological polar surface area (TPSA) is 82.9 Å². The van der Waals surface area contributed by atoms with Gasteiger partial charge in [-0.1, -0.05) is 5.16 Å². The van der Waals surface area contributed by atoms with E-state index < -0.39 is 15.8 Å². The zero-order chi connectivity index (χ0) is 13.2. The minimum atomic E-state index is -3.72. The highest BCUT2D eigenvalue weighted by atomic mass is 32.2. The molecule has 0 radical (unpaired) electrons. The molecule has 1 aliphatic heterocycles. The molecule has 0 spiro atoms. The molecular formula is C10H12FN3O3S. The summed E-state index contributed by atoms with van der Waals surface area (Å²) in [6.07, 6.45) is 2.82. The van der Waals surface area contributed by atoms with Gasteiger partial charge in [0.1, 0.15) is 10.7 Å².